The Hall–Kier alpha value is -2.12. The van der Waals surface area contributed by atoms with Gasteiger partial charge in [0, 0.05) is 45.3 Å². The molecule has 0 N–H and O–H groups in total. The summed E-state index contributed by atoms with van der Waals surface area (Å²) < 4.78 is 3.90. The van der Waals surface area contributed by atoms with Gasteiger partial charge in [0.05, 0.1) is 23.0 Å². The van der Waals surface area contributed by atoms with Crippen LogP contribution in [0.3, 0.4) is 0 Å². The van der Waals surface area contributed by atoms with Crippen LogP contribution in [0.2, 0.25) is 0 Å². The van der Waals surface area contributed by atoms with E-state index in [9.17, 15) is 9.59 Å². The molecule has 4 aliphatic rings. The number of nitrogens with zero attached hydrogens (tertiary/aromatic N) is 5. The number of carbonyl (C=O) groups is 1. The lowest BCUT2D eigenvalue weighted by molar-refractivity contribution is -0.141. The van der Waals surface area contributed by atoms with Crippen molar-refractivity contribution in [3.8, 4) is 0 Å². The van der Waals surface area contributed by atoms with E-state index in [4.69, 9.17) is 0 Å². The monoisotopic (exact) mass is 563 g/mol. The van der Waals surface area contributed by atoms with E-state index in [2.05, 4.69) is 26.8 Å². The average molecular weight is 564 g/mol. The molecule has 1 aromatic carbocycles. The van der Waals surface area contributed by atoms with Gasteiger partial charge < -0.3 is 14.7 Å². The summed E-state index contributed by atoms with van der Waals surface area (Å²) in [5.74, 6) is 0.861. The lowest BCUT2D eigenvalue weighted by Gasteiger charge is -2.44. The van der Waals surface area contributed by atoms with Crippen LogP contribution in [0.4, 0.5) is 0 Å². The Kier molecular flexibility index (Phi) is 9.51. The van der Waals surface area contributed by atoms with Crippen LogP contribution >= 0.6 is 0 Å². The van der Waals surface area contributed by atoms with Crippen molar-refractivity contribution in [1.29, 1.82) is 0 Å². The van der Waals surface area contributed by atoms with Gasteiger partial charge in [0.1, 0.15) is 0 Å². The van der Waals surface area contributed by atoms with Crippen LogP contribution in [0.25, 0.3) is 11.0 Å². The van der Waals surface area contributed by atoms with E-state index in [0.717, 1.165) is 68.9 Å². The number of aryl methyl sites for hydroxylation is 1. The number of fused-ring (bicyclic) bond motifs is 1. The van der Waals surface area contributed by atoms with E-state index in [0.29, 0.717) is 12.6 Å². The predicted octanol–water partition coefficient (Wildman–Crippen LogP) is 5.52. The third kappa shape index (κ3) is 6.31. The second kappa shape index (κ2) is 13.5. The maximum Gasteiger partial charge on any atom is 0.329 e. The highest BCUT2D eigenvalue weighted by Crippen LogP contribution is 2.34. The molecule has 226 valence electrons. The van der Waals surface area contributed by atoms with Gasteiger partial charge in [-0.05, 0) is 83.0 Å². The van der Waals surface area contributed by atoms with Crippen LogP contribution in [0.15, 0.2) is 29.1 Å². The first-order chi connectivity index (χ1) is 20.1. The molecule has 3 saturated heterocycles. The standard InChI is InChI=1S/C34H53N5O2/c1-2-38-31-15-9-10-16-32(31)39(34(38)41)30-19-22-35(25-27-13-7-4-3-5-8-14-27)26-29(30)33(40)37-23-17-28(18-24-37)36-20-11-6-12-21-36/h9-10,15-16,27-30H,2-8,11-14,17-26H2,1H3/t29-,30-/m0/s1. The SMILES string of the molecule is CCn1c(=O)n([C@H]2CCN(CC3CCCCCCC3)C[C@@H]2C(=O)N2CCC(N3CCCCC3)CC2)c2ccccc21. The summed E-state index contributed by atoms with van der Waals surface area (Å²) in [6, 6.07) is 8.73. The maximum atomic E-state index is 14.4. The zero-order valence-electron chi connectivity index (χ0n) is 25.5. The zero-order valence-corrected chi connectivity index (χ0v) is 25.5. The molecule has 2 aromatic rings. The van der Waals surface area contributed by atoms with Crippen molar-refractivity contribution >= 4 is 16.9 Å². The minimum Gasteiger partial charge on any atom is -0.342 e. The van der Waals surface area contributed by atoms with E-state index in [-0.39, 0.29) is 23.6 Å². The molecule has 1 saturated carbocycles. The summed E-state index contributed by atoms with van der Waals surface area (Å²) in [5.41, 5.74) is 2.03. The van der Waals surface area contributed by atoms with E-state index in [1.807, 2.05) is 28.2 Å². The van der Waals surface area contributed by atoms with Crippen LogP contribution in [0.1, 0.15) is 96.4 Å². The van der Waals surface area contributed by atoms with Gasteiger partial charge in [0.2, 0.25) is 5.91 Å². The van der Waals surface area contributed by atoms with Crippen molar-refractivity contribution in [3.63, 3.8) is 0 Å². The summed E-state index contributed by atoms with van der Waals surface area (Å²) in [5, 5.41) is 0. The second-order valence-corrected chi connectivity index (χ2v) is 13.5. The third-order valence-corrected chi connectivity index (χ3v) is 10.9. The number of rotatable bonds is 6. The van der Waals surface area contributed by atoms with Crippen molar-refractivity contribution in [2.45, 2.75) is 109 Å². The molecule has 7 heteroatoms. The van der Waals surface area contributed by atoms with Gasteiger partial charge >= 0.3 is 5.69 Å². The third-order valence-electron chi connectivity index (χ3n) is 10.9. The summed E-state index contributed by atoms with van der Waals surface area (Å²) in [6.07, 6.45) is 16.5. The van der Waals surface area contributed by atoms with Crippen molar-refractivity contribution < 1.29 is 4.79 Å². The summed E-state index contributed by atoms with van der Waals surface area (Å²) in [4.78, 5) is 35.7. The Labute approximate surface area is 246 Å². The Bertz CT molecular complexity index is 1200. The average Bonchev–Trinajstić information content (AvgIpc) is 3.29. The van der Waals surface area contributed by atoms with E-state index in [1.54, 1.807) is 0 Å². The first-order valence-corrected chi connectivity index (χ1v) is 17.1. The minimum absolute atomic E-state index is 0.0498. The van der Waals surface area contributed by atoms with Crippen molar-refractivity contribution in [3.05, 3.63) is 34.7 Å². The molecule has 1 aliphatic carbocycles. The van der Waals surface area contributed by atoms with Gasteiger partial charge in [-0.15, -0.1) is 0 Å². The molecule has 1 aromatic heterocycles. The minimum atomic E-state index is -0.169. The lowest BCUT2D eigenvalue weighted by Crippen LogP contribution is -2.54. The summed E-state index contributed by atoms with van der Waals surface area (Å²) in [6.45, 7) is 9.73. The molecule has 1 amide bonds. The second-order valence-electron chi connectivity index (χ2n) is 13.5. The number of amides is 1. The van der Waals surface area contributed by atoms with Crippen LogP contribution in [0.5, 0.6) is 0 Å². The molecule has 4 fully saturated rings. The van der Waals surface area contributed by atoms with Crippen molar-refractivity contribution in [1.82, 2.24) is 23.8 Å². The van der Waals surface area contributed by atoms with Crippen LogP contribution < -0.4 is 5.69 Å². The van der Waals surface area contributed by atoms with Gasteiger partial charge in [0.15, 0.2) is 0 Å². The molecular formula is C34H53N5O2. The van der Waals surface area contributed by atoms with Gasteiger partial charge in [-0.1, -0.05) is 50.7 Å². The maximum absolute atomic E-state index is 14.4. The van der Waals surface area contributed by atoms with E-state index >= 15 is 0 Å². The fourth-order valence-corrected chi connectivity index (χ4v) is 8.64. The number of likely N-dealkylation sites (tertiary alicyclic amines) is 3. The molecule has 2 atom stereocenters. The summed E-state index contributed by atoms with van der Waals surface area (Å²) >= 11 is 0. The molecule has 0 radical (unpaired) electrons. The molecule has 41 heavy (non-hydrogen) atoms. The van der Waals surface area contributed by atoms with Crippen molar-refractivity contribution in [2.24, 2.45) is 11.8 Å². The molecule has 0 spiro atoms. The number of benzene rings is 1. The number of hydrogen-bond donors (Lipinski definition) is 0. The van der Waals surface area contributed by atoms with Crippen LogP contribution in [0, 0.1) is 11.8 Å². The summed E-state index contributed by atoms with van der Waals surface area (Å²) in [7, 11) is 0. The Morgan fingerprint density at radius 3 is 2.15 bits per heavy atom. The number of aromatic nitrogens is 2. The first-order valence-electron chi connectivity index (χ1n) is 17.1. The van der Waals surface area contributed by atoms with E-state index < -0.39 is 0 Å². The Morgan fingerprint density at radius 1 is 0.780 bits per heavy atom. The molecule has 0 bridgehead atoms. The molecular weight excluding hydrogens is 510 g/mol. The fourth-order valence-electron chi connectivity index (χ4n) is 8.64. The van der Waals surface area contributed by atoms with Gasteiger partial charge in [-0.3, -0.25) is 13.9 Å². The largest absolute Gasteiger partial charge is 0.342 e. The highest BCUT2D eigenvalue weighted by molar-refractivity contribution is 5.81. The van der Waals surface area contributed by atoms with Crippen LogP contribution in [-0.4, -0.2) is 81.6 Å². The normalized spacial score (nSPS) is 26.7. The number of imidazole rings is 1. The quantitative estimate of drug-likeness (QED) is 0.464. The predicted molar refractivity (Wildman–Crippen MR) is 166 cm³/mol. The van der Waals surface area contributed by atoms with E-state index in [1.165, 1.54) is 77.3 Å². The fraction of sp³-hybridized carbons (Fsp3) is 0.765. The number of piperidine rings is 3. The van der Waals surface area contributed by atoms with Gasteiger partial charge in [-0.2, -0.15) is 0 Å². The smallest absolute Gasteiger partial charge is 0.329 e. The highest BCUT2D eigenvalue weighted by Gasteiger charge is 2.41. The first kappa shape index (κ1) is 29.0. The number of hydrogen-bond acceptors (Lipinski definition) is 4. The molecule has 0 unspecified atom stereocenters. The van der Waals surface area contributed by atoms with Crippen LogP contribution in [-0.2, 0) is 11.3 Å². The molecule has 7 nitrogen and oxygen atoms in total. The topological polar surface area (TPSA) is 53.7 Å². The van der Waals surface area contributed by atoms with Gasteiger partial charge in [-0.25, -0.2) is 4.79 Å². The highest BCUT2D eigenvalue weighted by atomic mass is 16.2. The molecule has 4 heterocycles. The number of para-hydroxylation sites is 2. The zero-order chi connectivity index (χ0) is 28.2. The number of carbonyl (C=O) groups excluding carboxylic acids is 1. The molecule has 6 rings (SSSR count). The van der Waals surface area contributed by atoms with Crippen molar-refractivity contribution in [2.75, 3.05) is 45.8 Å². The van der Waals surface area contributed by atoms with Gasteiger partial charge in [0.25, 0.3) is 0 Å². The lowest BCUT2D eigenvalue weighted by atomic mass is 9.86. The Balaban J connectivity index is 1.23. The molecule has 3 aliphatic heterocycles. The Morgan fingerprint density at radius 2 is 1.44 bits per heavy atom.